The van der Waals surface area contributed by atoms with E-state index in [0.29, 0.717) is 17.9 Å². The van der Waals surface area contributed by atoms with Gasteiger partial charge in [0.15, 0.2) is 0 Å². The lowest BCUT2D eigenvalue weighted by Gasteiger charge is -2.15. The Morgan fingerprint density at radius 1 is 0.969 bits per heavy atom. The van der Waals surface area contributed by atoms with Gasteiger partial charge in [-0.1, -0.05) is 48.5 Å². The largest absolute Gasteiger partial charge is 0.497 e. The van der Waals surface area contributed by atoms with Crippen LogP contribution < -0.4 is 10.5 Å². The summed E-state index contributed by atoms with van der Waals surface area (Å²) in [6.07, 6.45) is 1.68. The van der Waals surface area contributed by atoms with Gasteiger partial charge in [0.2, 0.25) is 5.78 Å². The fourth-order valence-electron chi connectivity index (χ4n) is 4.04. The van der Waals surface area contributed by atoms with Crippen LogP contribution in [0.1, 0.15) is 27.3 Å². The predicted octanol–water partition coefficient (Wildman–Crippen LogP) is 4.04. The van der Waals surface area contributed by atoms with Gasteiger partial charge in [-0.3, -0.25) is 14.4 Å². The number of rotatable bonds is 5. The molecule has 0 fully saturated rings. The monoisotopic (exact) mass is 422 g/mol. The number of ketones is 1. The van der Waals surface area contributed by atoms with Crippen molar-refractivity contribution in [3.63, 3.8) is 0 Å². The Balaban J connectivity index is 1.51. The number of aliphatic imine (C=N–C) groups is 1. The first-order chi connectivity index (χ1) is 15.7. The van der Waals surface area contributed by atoms with Crippen molar-refractivity contribution in [1.29, 1.82) is 0 Å². The summed E-state index contributed by atoms with van der Waals surface area (Å²) in [5.41, 5.74) is 12.9. The van der Waals surface area contributed by atoms with E-state index in [1.165, 1.54) is 0 Å². The summed E-state index contributed by atoms with van der Waals surface area (Å²) in [6.45, 7) is 0.584. The summed E-state index contributed by atoms with van der Waals surface area (Å²) in [5, 5.41) is 0. The van der Waals surface area contributed by atoms with E-state index in [2.05, 4.69) is 28.2 Å². The highest BCUT2D eigenvalue weighted by atomic mass is 16.5. The molecular formula is C26H22N4O2. The number of nitrogens with two attached hydrogens (primary N) is 1. The van der Waals surface area contributed by atoms with Crippen LogP contribution in [0.4, 0.5) is 0 Å². The number of nitrogens with zero attached hydrogens (tertiary/aromatic N) is 3. The second kappa shape index (κ2) is 8.24. The van der Waals surface area contributed by atoms with E-state index in [-0.39, 0.29) is 12.3 Å². The van der Waals surface area contributed by atoms with Gasteiger partial charge in [-0.05, 0) is 41.0 Å². The molecule has 5 rings (SSSR count). The third-order valence-electron chi connectivity index (χ3n) is 5.69. The van der Waals surface area contributed by atoms with Crippen molar-refractivity contribution in [1.82, 2.24) is 9.55 Å². The molecule has 1 aromatic heterocycles. The molecular weight excluding hydrogens is 400 g/mol. The number of hydrogen-bond donors (Lipinski definition) is 1. The SMILES string of the molecule is COc1ccc(-n2cnc3c2C(=O)CN=C3c2ccc(-c3ccccc3CN)cc2)cc1. The van der Waals surface area contributed by atoms with Crippen LogP contribution in [0.3, 0.4) is 0 Å². The smallest absolute Gasteiger partial charge is 0.203 e. The van der Waals surface area contributed by atoms with Crippen molar-refractivity contribution in [2.24, 2.45) is 10.7 Å². The van der Waals surface area contributed by atoms with Crippen LogP contribution >= 0.6 is 0 Å². The first-order valence-electron chi connectivity index (χ1n) is 10.4. The Bertz CT molecular complexity index is 1320. The molecule has 0 bridgehead atoms. The van der Waals surface area contributed by atoms with Crippen molar-refractivity contribution < 1.29 is 9.53 Å². The molecule has 0 unspecified atom stereocenters. The maximum absolute atomic E-state index is 12.7. The van der Waals surface area contributed by atoms with E-state index in [4.69, 9.17) is 10.5 Å². The fraction of sp³-hybridized carbons (Fsp3) is 0.115. The fourth-order valence-corrected chi connectivity index (χ4v) is 4.04. The molecule has 3 aromatic carbocycles. The van der Waals surface area contributed by atoms with Gasteiger partial charge in [-0.15, -0.1) is 0 Å². The molecule has 32 heavy (non-hydrogen) atoms. The number of benzene rings is 3. The van der Waals surface area contributed by atoms with Crippen LogP contribution in [-0.2, 0) is 6.54 Å². The number of ether oxygens (including phenoxy) is 1. The number of aromatic nitrogens is 2. The molecule has 2 N–H and O–H groups in total. The van der Waals surface area contributed by atoms with E-state index in [1.54, 1.807) is 13.4 Å². The number of carbonyl (C=O) groups excluding carboxylic acids is 1. The average molecular weight is 422 g/mol. The lowest BCUT2D eigenvalue weighted by atomic mass is 9.96. The third-order valence-corrected chi connectivity index (χ3v) is 5.69. The zero-order chi connectivity index (χ0) is 22.1. The zero-order valence-electron chi connectivity index (χ0n) is 17.7. The Kier molecular flexibility index (Phi) is 5.13. The van der Waals surface area contributed by atoms with E-state index >= 15 is 0 Å². The first kappa shape index (κ1) is 19.9. The predicted molar refractivity (Wildman–Crippen MR) is 125 cm³/mol. The molecule has 0 atom stereocenters. The second-order valence-corrected chi connectivity index (χ2v) is 7.54. The van der Waals surface area contributed by atoms with Gasteiger partial charge in [0.1, 0.15) is 30.0 Å². The standard InChI is InChI=1S/C26H22N4O2/c1-32-21-12-10-20(11-13-21)30-16-29-25-24(28-15-23(31)26(25)30)18-8-6-17(7-9-18)22-5-3-2-4-19(22)14-27/h2-13,16H,14-15,27H2,1H3. The number of methoxy groups -OCH3 is 1. The van der Waals surface area contributed by atoms with Crippen molar-refractivity contribution in [2.45, 2.75) is 6.54 Å². The van der Waals surface area contributed by atoms with Crippen molar-refractivity contribution >= 4 is 11.5 Å². The quantitative estimate of drug-likeness (QED) is 0.526. The van der Waals surface area contributed by atoms with E-state index < -0.39 is 0 Å². The van der Waals surface area contributed by atoms with Crippen LogP contribution in [0.5, 0.6) is 5.75 Å². The third kappa shape index (κ3) is 3.40. The van der Waals surface area contributed by atoms with E-state index in [1.807, 2.05) is 59.2 Å². The zero-order valence-corrected chi connectivity index (χ0v) is 17.7. The second-order valence-electron chi connectivity index (χ2n) is 7.54. The topological polar surface area (TPSA) is 82.5 Å². The summed E-state index contributed by atoms with van der Waals surface area (Å²) in [7, 11) is 1.63. The number of carbonyl (C=O) groups is 1. The summed E-state index contributed by atoms with van der Waals surface area (Å²) < 4.78 is 7.05. The summed E-state index contributed by atoms with van der Waals surface area (Å²) >= 11 is 0. The Morgan fingerprint density at radius 2 is 1.69 bits per heavy atom. The normalized spacial score (nSPS) is 12.9. The molecule has 0 spiro atoms. The molecule has 0 amide bonds. The number of imidazole rings is 1. The number of Topliss-reactive ketones (excluding diaryl/α,β-unsaturated/α-hetero) is 1. The Hall–Kier alpha value is -4.03. The average Bonchev–Trinajstić information content (AvgIpc) is 3.31. The van der Waals surface area contributed by atoms with E-state index in [9.17, 15) is 4.79 Å². The van der Waals surface area contributed by atoms with E-state index in [0.717, 1.165) is 39.4 Å². The summed E-state index contributed by atoms with van der Waals surface area (Å²) in [5.74, 6) is 0.707. The Labute approximate surface area is 186 Å². The number of hydrogen-bond acceptors (Lipinski definition) is 5. The van der Waals surface area contributed by atoms with Crippen LogP contribution in [0.2, 0.25) is 0 Å². The van der Waals surface area contributed by atoms with Gasteiger partial charge in [-0.25, -0.2) is 4.98 Å². The molecule has 0 saturated heterocycles. The van der Waals surface area contributed by atoms with Crippen LogP contribution in [0.25, 0.3) is 16.8 Å². The highest BCUT2D eigenvalue weighted by Crippen LogP contribution is 2.27. The number of fused-ring (bicyclic) bond motifs is 1. The van der Waals surface area contributed by atoms with Gasteiger partial charge >= 0.3 is 0 Å². The highest BCUT2D eigenvalue weighted by molar-refractivity contribution is 6.20. The van der Waals surface area contributed by atoms with Gasteiger partial charge in [-0.2, -0.15) is 0 Å². The maximum atomic E-state index is 12.7. The van der Waals surface area contributed by atoms with Gasteiger partial charge in [0, 0.05) is 17.8 Å². The lowest BCUT2D eigenvalue weighted by Crippen LogP contribution is -2.22. The van der Waals surface area contributed by atoms with Crippen molar-refractivity contribution in [3.8, 4) is 22.6 Å². The molecule has 2 heterocycles. The van der Waals surface area contributed by atoms with Crippen LogP contribution in [0, 0.1) is 0 Å². The molecule has 1 aliphatic rings. The molecule has 6 nitrogen and oxygen atoms in total. The molecule has 1 aliphatic heterocycles. The highest BCUT2D eigenvalue weighted by Gasteiger charge is 2.27. The van der Waals surface area contributed by atoms with Crippen molar-refractivity contribution in [3.05, 3.63) is 102 Å². The minimum Gasteiger partial charge on any atom is -0.497 e. The Morgan fingerprint density at radius 3 is 2.41 bits per heavy atom. The molecule has 4 aromatic rings. The molecule has 0 radical (unpaired) electrons. The molecule has 158 valence electrons. The van der Waals surface area contributed by atoms with Gasteiger partial charge in [0.25, 0.3) is 0 Å². The van der Waals surface area contributed by atoms with Gasteiger partial charge < -0.3 is 10.5 Å². The maximum Gasteiger partial charge on any atom is 0.203 e. The molecule has 0 aliphatic carbocycles. The minimum absolute atomic E-state index is 0.0504. The minimum atomic E-state index is -0.0504. The lowest BCUT2D eigenvalue weighted by molar-refractivity contribution is 0.0993. The van der Waals surface area contributed by atoms with Gasteiger partial charge in [0.05, 0.1) is 12.8 Å². The van der Waals surface area contributed by atoms with Crippen LogP contribution in [0.15, 0.2) is 84.1 Å². The molecule has 0 saturated carbocycles. The summed E-state index contributed by atoms with van der Waals surface area (Å²) in [4.78, 5) is 21.8. The molecule has 6 heteroatoms. The first-order valence-corrected chi connectivity index (χ1v) is 10.4. The summed E-state index contributed by atoms with van der Waals surface area (Å²) in [6, 6.07) is 23.8. The van der Waals surface area contributed by atoms with Crippen LogP contribution in [-0.4, -0.2) is 34.7 Å². The van der Waals surface area contributed by atoms with Crippen molar-refractivity contribution in [2.75, 3.05) is 13.7 Å².